The Balaban J connectivity index is 1.44. The van der Waals surface area contributed by atoms with Gasteiger partial charge in [0.05, 0.1) is 5.69 Å². The van der Waals surface area contributed by atoms with Gasteiger partial charge in [0, 0.05) is 25.7 Å². The Bertz CT molecular complexity index is 1220. The summed E-state index contributed by atoms with van der Waals surface area (Å²) in [6.07, 6.45) is 0.718. The summed E-state index contributed by atoms with van der Waals surface area (Å²) in [4.78, 5) is 38.5. The maximum atomic E-state index is 12.7. The number of ether oxygens (including phenoxy) is 1. The van der Waals surface area contributed by atoms with Gasteiger partial charge >= 0.3 is 12.1 Å². The highest BCUT2D eigenvalue weighted by atomic mass is 16.5. The van der Waals surface area contributed by atoms with E-state index in [0.717, 1.165) is 22.3 Å². The number of nitrogens with zero attached hydrogens (tertiary/aromatic N) is 3. The van der Waals surface area contributed by atoms with Crippen molar-refractivity contribution in [3.05, 3.63) is 71.5 Å². The number of likely N-dealkylation sites (N-methyl/N-ethyl adjacent to an activating group) is 1. The molecule has 0 radical (unpaired) electrons. The lowest BCUT2D eigenvalue weighted by molar-refractivity contribution is -0.139. The maximum absolute atomic E-state index is 12.7. The molecule has 0 saturated carbocycles. The molecule has 3 N–H and O–H groups in total. The van der Waals surface area contributed by atoms with Gasteiger partial charge in [0.15, 0.2) is 5.69 Å². The minimum Gasteiger partial charge on any atom is -0.480 e. The summed E-state index contributed by atoms with van der Waals surface area (Å²) in [7, 11) is 4.99. The molecular formula is C25H27N5O5. The molecule has 1 aliphatic carbocycles. The van der Waals surface area contributed by atoms with E-state index in [4.69, 9.17) is 4.74 Å². The molecule has 4 rings (SSSR count). The summed E-state index contributed by atoms with van der Waals surface area (Å²) >= 11 is 0. The van der Waals surface area contributed by atoms with Gasteiger partial charge < -0.3 is 20.1 Å². The number of carboxylic acid groups (broad SMARTS) is 1. The van der Waals surface area contributed by atoms with Crippen molar-refractivity contribution in [2.75, 3.05) is 32.6 Å². The second-order valence-corrected chi connectivity index (χ2v) is 8.64. The number of aliphatic carboxylic acids is 1. The Hall–Kier alpha value is -4.18. The van der Waals surface area contributed by atoms with E-state index >= 15 is 0 Å². The first-order valence-corrected chi connectivity index (χ1v) is 11.1. The molecule has 0 aliphatic heterocycles. The van der Waals surface area contributed by atoms with E-state index in [2.05, 4.69) is 27.9 Å². The second kappa shape index (κ2) is 9.98. The summed E-state index contributed by atoms with van der Waals surface area (Å²) in [5.41, 5.74) is 4.43. The number of nitrogens with one attached hydrogen (secondary N) is 2. The van der Waals surface area contributed by atoms with Crippen molar-refractivity contribution in [3.8, 4) is 11.1 Å². The number of carboxylic acids is 1. The van der Waals surface area contributed by atoms with Gasteiger partial charge in [-0.15, -0.1) is 0 Å². The van der Waals surface area contributed by atoms with Crippen molar-refractivity contribution < 1.29 is 24.2 Å². The molecule has 1 aliphatic rings. The summed E-state index contributed by atoms with van der Waals surface area (Å²) in [6.45, 7) is 0.217. The van der Waals surface area contributed by atoms with E-state index < -0.39 is 24.0 Å². The number of carbonyl (C=O) groups is 3. The van der Waals surface area contributed by atoms with Crippen LogP contribution in [0.4, 0.5) is 10.5 Å². The van der Waals surface area contributed by atoms with Crippen molar-refractivity contribution in [1.29, 1.82) is 0 Å². The van der Waals surface area contributed by atoms with E-state index in [0.29, 0.717) is 0 Å². The Kier molecular flexibility index (Phi) is 6.83. The average Bonchev–Trinajstić information content (AvgIpc) is 3.34. The molecule has 2 amide bonds. The quantitative estimate of drug-likeness (QED) is 0.455. The molecule has 1 aromatic heterocycles. The molecule has 0 spiro atoms. The van der Waals surface area contributed by atoms with E-state index in [9.17, 15) is 19.5 Å². The third-order valence-corrected chi connectivity index (χ3v) is 5.78. The number of benzene rings is 2. The molecule has 10 nitrogen and oxygen atoms in total. The van der Waals surface area contributed by atoms with Gasteiger partial charge in [0.2, 0.25) is 0 Å². The maximum Gasteiger partial charge on any atom is 0.411 e. The summed E-state index contributed by atoms with van der Waals surface area (Å²) < 4.78 is 6.90. The Morgan fingerprint density at radius 3 is 2.26 bits per heavy atom. The predicted octanol–water partition coefficient (Wildman–Crippen LogP) is 2.53. The number of carbonyl (C=O) groups excluding carboxylic acids is 2. The molecular weight excluding hydrogens is 450 g/mol. The second-order valence-electron chi connectivity index (χ2n) is 8.64. The van der Waals surface area contributed by atoms with Crippen LogP contribution in [0.3, 0.4) is 0 Å². The van der Waals surface area contributed by atoms with Crippen LogP contribution in [0.25, 0.3) is 11.1 Å². The molecule has 0 fully saturated rings. The fraction of sp³-hybridized carbons (Fsp3) is 0.280. The predicted molar refractivity (Wildman–Crippen MR) is 129 cm³/mol. The van der Waals surface area contributed by atoms with Gasteiger partial charge in [0.25, 0.3) is 5.91 Å². The zero-order chi connectivity index (χ0) is 25.1. The number of aromatic nitrogens is 2. The van der Waals surface area contributed by atoms with Crippen molar-refractivity contribution in [3.63, 3.8) is 0 Å². The van der Waals surface area contributed by atoms with Crippen LogP contribution in [0.15, 0.2) is 54.7 Å². The lowest BCUT2D eigenvalue weighted by Gasteiger charge is -2.18. The normalized spacial score (nSPS) is 13.1. The number of amides is 2. The zero-order valence-electron chi connectivity index (χ0n) is 19.7. The highest BCUT2D eigenvalue weighted by molar-refractivity contribution is 6.02. The molecule has 0 unspecified atom stereocenters. The minimum atomic E-state index is -1.17. The van der Waals surface area contributed by atoms with Crippen LogP contribution in [0.1, 0.15) is 27.5 Å². The smallest absolute Gasteiger partial charge is 0.411 e. The topological polar surface area (TPSA) is 126 Å². The highest BCUT2D eigenvalue weighted by Crippen LogP contribution is 2.44. The summed E-state index contributed by atoms with van der Waals surface area (Å²) in [5, 5.41) is 18.5. The van der Waals surface area contributed by atoms with Crippen LogP contribution in [0.5, 0.6) is 0 Å². The number of hydrogen-bond donors (Lipinski definition) is 3. The Labute approximate surface area is 202 Å². The summed E-state index contributed by atoms with van der Waals surface area (Å²) in [5.74, 6) is -1.99. The van der Waals surface area contributed by atoms with Gasteiger partial charge in [-0.05, 0) is 36.3 Å². The van der Waals surface area contributed by atoms with Crippen molar-refractivity contribution in [1.82, 2.24) is 20.0 Å². The number of fused-ring (bicyclic) bond motifs is 3. The molecule has 1 atom stereocenters. The number of aryl methyl sites for hydroxylation is 1. The van der Waals surface area contributed by atoms with Gasteiger partial charge in [0.1, 0.15) is 12.6 Å². The van der Waals surface area contributed by atoms with Crippen LogP contribution < -0.4 is 10.6 Å². The highest BCUT2D eigenvalue weighted by Gasteiger charge is 2.30. The van der Waals surface area contributed by atoms with Gasteiger partial charge in [-0.1, -0.05) is 48.5 Å². The first kappa shape index (κ1) is 24.0. The molecule has 35 heavy (non-hydrogen) atoms. The van der Waals surface area contributed by atoms with E-state index in [1.54, 1.807) is 26.0 Å². The van der Waals surface area contributed by atoms with Crippen LogP contribution in [-0.2, 0) is 16.6 Å². The SMILES string of the molecule is CN(C)C[C@H](NC(=O)c1nn(C)cc1NC(=O)OCC1c2ccccc2-c2ccccc21)C(=O)O. The fourth-order valence-electron chi connectivity index (χ4n) is 4.27. The standard InChI is InChI=1S/C25H27N5O5/c1-29(2)12-21(24(32)33)26-23(31)22-20(13-30(3)28-22)27-25(34)35-14-19-17-10-6-4-8-15(17)16-9-5-7-11-18(16)19/h4-11,13,19,21H,12,14H2,1-3H3,(H,26,31)(H,27,34)(H,32,33)/t21-/m0/s1. The van der Waals surface area contributed by atoms with Crippen LogP contribution in [0, 0.1) is 0 Å². The number of hydrogen-bond acceptors (Lipinski definition) is 6. The van der Waals surface area contributed by atoms with Crippen molar-refractivity contribution in [2.24, 2.45) is 7.05 Å². The monoisotopic (exact) mass is 477 g/mol. The molecule has 2 aromatic carbocycles. The van der Waals surface area contributed by atoms with Crippen molar-refractivity contribution in [2.45, 2.75) is 12.0 Å². The zero-order valence-corrected chi connectivity index (χ0v) is 19.7. The van der Waals surface area contributed by atoms with E-state index in [1.807, 2.05) is 36.4 Å². The fourth-order valence-corrected chi connectivity index (χ4v) is 4.27. The lowest BCUT2D eigenvalue weighted by Crippen LogP contribution is -2.47. The van der Waals surface area contributed by atoms with Gasteiger partial charge in [-0.2, -0.15) is 5.10 Å². The summed E-state index contributed by atoms with van der Waals surface area (Å²) in [6, 6.07) is 14.9. The number of anilines is 1. The first-order valence-electron chi connectivity index (χ1n) is 11.1. The minimum absolute atomic E-state index is 0.100. The van der Waals surface area contributed by atoms with Gasteiger partial charge in [-0.25, -0.2) is 9.59 Å². The third-order valence-electron chi connectivity index (χ3n) is 5.78. The molecule has 3 aromatic rings. The Morgan fingerprint density at radius 1 is 1.09 bits per heavy atom. The molecule has 1 heterocycles. The first-order chi connectivity index (χ1) is 16.7. The molecule has 182 valence electrons. The Morgan fingerprint density at radius 2 is 1.69 bits per heavy atom. The lowest BCUT2D eigenvalue weighted by atomic mass is 9.98. The molecule has 10 heteroatoms. The average molecular weight is 478 g/mol. The largest absolute Gasteiger partial charge is 0.480 e. The molecule has 0 bridgehead atoms. The third kappa shape index (κ3) is 5.17. The van der Waals surface area contributed by atoms with Crippen molar-refractivity contribution >= 4 is 23.7 Å². The molecule has 0 saturated heterocycles. The van der Waals surface area contributed by atoms with E-state index in [1.165, 1.54) is 10.9 Å². The van der Waals surface area contributed by atoms with Gasteiger partial charge in [-0.3, -0.25) is 14.8 Å². The van der Waals surface area contributed by atoms with E-state index in [-0.39, 0.29) is 30.5 Å². The van der Waals surface area contributed by atoms with Crippen LogP contribution in [0.2, 0.25) is 0 Å². The number of rotatable bonds is 8. The van der Waals surface area contributed by atoms with Crippen LogP contribution >= 0.6 is 0 Å². The van der Waals surface area contributed by atoms with Crippen LogP contribution in [-0.4, -0.2) is 71.0 Å².